The summed E-state index contributed by atoms with van der Waals surface area (Å²) in [6.45, 7) is 0.636. The number of carbonyl (C=O) groups is 2. The third-order valence-corrected chi connectivity index (χ3v) is 3.68. The molecule has 0 spiro atoms. The second-order valence-electron chi connectivity index (χ2n) is 4.87. The minimum absolute atomic E-state index is 0.0112. The number of hydrogen-bond donors (Lipinski definition) is 1. The summed E-state index contributed by atoms with van der Waals surface area (Å²) < 4.78 is 10.9. The van der Waals surface area contributed by atoms with E-state index in [1.54, 1.807) is 24.3 Å². The van der Waals surface area contributed by atoms with Gasteiger partial charge in [0.05, 0.1) is 11.1 Å². The summed E-state index contributed by atoms with van der Waals surface area (Å²) in [6.07, 6.45) is 0. The molecule has 0 saturated carbocycles. The van der Waals surface area contributed by atoms with Gasteiger partial charge in [-0.2, -0.15) is 0 Å². The van der Waals surface area contributed by atoms with Crippen LogP contribution in [0.5, 0.6) is 17.2 Å². The van der Waals surface area contributed by atoms with Crippen LogP contribution in [0.25, 0.3) is 0 Å². The Kier molecular flexibility index (Phi) is 2.33. The fraction of sp³-hybridized carbons (Fsp3) is 0.125. The summed E-state index contributed by atoms with van der Waals surface area (Å²) in [5.41, 5.74) is 0.690. The van der Waals surface area contributed by atoms with E-state index in [9.17, 15) is 14.7 Å². The average Bonchev–Trinajstić information content (AvgIpc) is 2.51. The summed E-state index contributed by atoms with van der Waals surface area (Å²) in [7, 11) is 0. The zero-order valence-electron chi connectivity index (χ0n) is 10.9. The molecule has 2 aromatic rings. The molecule has 1 N–H and O–H groups in total. The van der Waals surface area contributed by atoms with Crippen molar-refractivity contribution in [3.05, 3.63) is 52.6 Å². The fourth-order valence-corrected chi connectivity index (χ4v) is 2.77. The van der Waals surface area contributed by atoms with Crippen LogP contribution in [0.15, 0.2) is 30.3 Å². The molecular weight excluding hydrogens is 272 g/mol. The average molecular weight is 282 g/mol. The normalized spacial score (nSPS) is 15.4. The van der Waals surface area contributed by atoms with E-state index < -0.39 is 0 Å². The number of rotatable bonds is 0. The maximum Gasteiger partial charge on any atom is 0.198 e. The molecule has 0 atom stereocenters. The van der Waals surface area contributed by atoms with Crippen LogP contribution in [-0.2, 0) is 0 Å². The standard InChI is InChI=1S/C16H10O5/c17-10-7-11-16(21-6-5-20-11)13-12(10)14(18)8-3-1-2-4-9(8)15(13)19/h1-4,7,17H,5-6H2. The molecule has 5 heteroatoms. The molecule has 0 unspecified atom stereocenters. The molecule has 104 valence electrons. The molecular formula is C16H10O5. The highest BCUT2D eigenvalue weighted by molar-refractivity contribution is 6.30. The predicted molar refractivity (Wildman–Crippen MR) is 72.4 cm³/mol. The van der Waals surface area contributed by atoms with Crippen LogP contribution in [0.1, 0.15) is 31.8 Å². The molecule has 2 aromatic carbocycles. The van der Waals surface area contributed by atoms with Crippen molar-refractivity contribution in [2.24, 2.45) is 0 Å². The van der Waals surface area contributed by atoms with Gasteiger partial charge >= 0.3 is 0 Å². The van der Waals surface area contributed by atoms with Gasteiger partial charge in [-0.15, -0.1) is 0 Å². The molecule has 1 heterocycles. The Morgan fingerprint density at radius 2 is 1.52 bits per heavy atom. The van der Waals surface area contributed by atoms with Crippen LogP contribution in [0.4, 0.5) is 0 Å². The van der Waals surface area contributed by atoms with Crippen molar-refractivity contribution in [2.45, 2.75) is 0 Å². The van der Waals surface area contributed by atoms with Gasteiger partial charge in [0.15, 0.2) is 23.1 Å². The van der Waals surface area contributed by atoms with Gasteiger partial charge in [0.2, 0.25) is 0 Å². The van der Waals surface area contributed by atoms with Crippen LogP contribution >= 0.6 is 0 Å². The number of ether oxygens (including phenoxy) is 2. The van der Waals surface area contributed by atoms with Crippen LogP contribution in [-0.4, -0.2) is 29.9 Å². The Labute approximate surface area is 119 Å². The Hall–Kier alpha value is -2.82. The van der Waals surface area contributed by atoms with E-state index in [2.05, 4.69) is 0 Å². The van der Waals surface area contributed by atoms with Gasteiger partial charge in [-0.05, 0) is 0 Å². The number of aromatic hydroxyl groups is 1. The quantitative estimate of drug-likeness (QED) is 0.682. The van der Waals surface area contributed by atoms with Crippen LogP contribution in [0.2, 0.25) is 0 Å². The molecule has 0 fully saturated rings. The second kappa shape index (κ2) is 4.09. The number of carbonyl (C=O) groups excluding carboxylic acids is 2. The van der Waals surface area contributed by atoms with Gasteiger partial charge in [0.1, 0.15) is 19.0 Å². The highest BCUT2D eigenvalue weighted by Crippen LogP contribution is 2.45. The van der Waals surface area contributed by atoms with E-state index in [1.807, 2.05) is 0 Å². The highest BCUT2D eigenvalue weighted by atomic mass is 16.6. The predicted octanol–water partition coefficient (Wildman–Crippen LogP) is 1.94. The zero-order valence-corrected chi connectivity index (χ0v) is 10.9. The first kappa shape index (κ1) is 12.0. The van der Waals surface area contributed by atoms with Crippen molar-refractivity contribution < 1.29 is 24.2 Å². The second-order valence-corrected chi connectivity index (χ2v) is 4.87. The van der Waals surface area contributed by atoms with Gasteiger partial charge < -0.3 is 14.6 Å². The van der Waals surface area contributed by atoms with E-state index >= 15 is 0 Å². The minimum atomic E-state index is -0.380. The first-order valence-corrected chi connectivity index (χ1v) is 6.52. The number of hydrogen-bond acceptors (Lipinski definition) is 5. The Morgan fingerprint density at radius 3 is 2.24 bits per heavy atom. The van der Waals surface area contributed by atoms with Gasteiger partial charge in [-0.3, -0.25) is 9.59 Å². The van der Waals surface area contributed by atoms with Crippen molar-refractivity contribution in [1.82, 2.24) is 0 Å². The van der Waals surface area contributed by atoms with Crippen LogP contribution in [0, 0.1) is 0 Å². The minimum Gasteiger partial charge on any atom is -0.507 e. The third-order valence-electron chi connectivity index (χ3n) is 3.68. The van der Waals surface area contributed by atoms with Crippen molar-refractivity contribution in [1.29, 1.82) is 0 Å². The monoisotopic (exact) mass is 282 g/mol. The lowest BCUT2D eigenvalue weighted by atomic mass is 9.83. The maximum absolute atomic E-state index is 12.7. The van der Waals surface area contributed by atoms with Crippen molar-refractivity contribution in [2.75, 3.05) is 13.2 Å². The lowest BCUT2D eigenvalue weighted by Crippen LogP contribution is -2.25. The lowest BCUT2D eigenvalue weighted by molar-refractivity contribution is 0.0966. The Bertz CT molecular complexity index is 807. The van der Waals surface area contributed by atoms with Crippen molar-refractivity contribution >= 4 is 11.6 Å². The molecule has 1 aliphatic carbocycles. The topological polar surface area (TPSA) is 72.8 Å². The molecule has 4 rings (SSSR count). The number of benzene rings is 2. The molecule has 0 aromatic heterocycles. The smallest absolute Gasteiger partial charge is 0.198 e. The summed E-state index contributed by atoms with van der Waals surface area (Å²) >= 11 is 0. The summed E-state index contributed by atoms with van der Waals surface area (Å²) in [6, 6.07) is 7.88. The van der Waals surface area contributed by atoms with E-state index in [1.165, 1.54) is 6.07 Å². The third kappa shape index (κ3) is 1.51. The molecule has 21 heavy (non-hydrogen) atoms. The molecule has 0 saturated heterocycles. The van der Waals surface area contributed by atoms with Crippen molar-refractivity contribution in [3.8, 4) is 17.2 Å². The lowest BCUT2D eigenvalue weighted by Gasteiger charge is -2.25. The molecule has 5 nitrogen and oxygen atoms in total. The number of fused-ring (bicyclic) bond motifs is 4. The van der Waals surface area contributed by atoms with E-state index in [0.717, 1.165) is 0 Å². The highest BCUT2D eigenvalue weighted by Gasteiger charge is 2.37. The van der Waals surface area contributed by atoms with Crippen molar-refractivity contribution in [3.63, 3.8) is 0 Å². The molecule has 0 bridgehead atoms. The summed E-state index contributed by atoms with van der Waals surface area (Å²) in [4.78, 5) is 25.2. The SMILES string of the molecule is O=C1c2ccccc2C(=O)c2c3c(cc(O)c21)OCCO3. The number of ketones is 2. The molecule has 0 amide bonds. The largest absolute Gasteiger partial charge is 0.507 e. The molecule has 2 aliphatic rings. The van der Waals surface area contributed by atoms with Gasteiger partial charge in [0, 0.05) is 17.2 Å². The number of phenols is 1. The van der Waals surface area contributed by atoms with Gasteiger partial charge in [-0.1, -0.05) is 24.3 Å². The van der Waals surface area contributed by atoms with E-state index in [-0.39, 0.29) is 39.9 Å². The first-order chi connectivity index (χ1) is 10.2. The maximum atomic E-state index is 12.7. The number of phenolic OH excluding ortho intramolecular Hbond substituents is 1. The van der Waals surface area contributed by atoms with E-state index in [4.69, 9.17) is 9.47 Å². The van der Waals surface area contributed by atoms with Gasteiger partial charge in [-0.25, -0.2) is 0 Å². The van der Waals surface area contributed by atoms with Crippen LogP contribution < -0.4 is 9.47 Å². The first-order valence-electron chi connectivity index (χ1n) is 6.52. The Balaban J connectivity index is 2.07. The summed E-state index contributed by atoms with van der Waals surface area (Å²) in [5, 5.41) is 10.1. The fourth-order valence-electron chi connectivity index (χ4n) is 2.77. The molecule has 0 radical (unpaired) electrons. The molecule has 1 aliphatic heterocycles. The van der Waals surface area contributed by atoms with E-state index in [0.29, 0.717) is 24.3 Å². The summed E-state index contributed by atoms with van der Waals surface area (Å²) in [5.74, 6) is -0.449. The van der Waals surface area contributed by atoms with Gasteiger partial charge in [0.25, 0.3) is 0 Å². The Morgan fingerprint density at radius 1 is 0.905 bits per heavy atom. The zero-order chi connectivity index (χ0) is 14.6. The van der Waals surface area contributed by atoms with Crippen LogP contribution in [0.3, 0.4) is 0 Å².